The standard InChI is InChI=1S/C22H17N3O/c23-24-14-15-5-6-19-12-20(8-7-18(19)11-15)22(26)25-21-10-9-16-3-1-2-4-17(16)13-21/h1-14H,23H2,(H,25,26). The summed E-state index contributed by atoms with van der Waals surface area (Å²) < 4.78 is 0. The van der Waals surface area contributed by atoms with E-state index in [1.54, 1.807) is 6.21 Å². The predicted octanol–water partition coefficient (Wildman–Crippen LogP) is 4.54. The Hall–Kier alpha value is -3.66. The molecule has 0 aliphatic rings. The largest absolute Gasteiger partial charge is 0.323 e. The third-order valence-electron chi connectivity index (χ3n) is 4.36. The Morgan fingerprint density at radius 2 is 1.50 bits per heavy atom. The molecule has 0 aromatic heterocycles. The molecule has 0 aliphatic heterocycles. The van der Waals surface area contributed by atoms with E-state index in [4.69, 9.17) is 5.84 Å². The number of fused-ring (bicyclic) bond motifs is 2. The van der Waals surface area contributed by atoms with Gasteiger partial charge < -0.3 is 11.2 Å². The molecular formula is C22H17N3O. The average Bonchev–Trinajstić information content (AvgIpc) is 2.67. The molecule has 0 spiro atoms. The highest BCUT2D eigenvalue weighted by atomic mass is 16.1. The van der Waals surface area contributed by atoms with Gasteiger partial charge in [-0.3, -0.25) is 4.79 Å². The lowest BCUT2D eigenvalue weighted by Gasteiger charge is -2.08. The van der Waals surface area contributed by atoms with Crippen LogP contribution < -0.4 is 11.2 Å². The molecule has 0 fully saturated rings. The van der Waals surface area contributed by atoms with Crippen LogP contribution >= 0.6 is 0 Å². The lowest BCUT2D eigenvalue weighted by atomic mass is 10.0. The molecule has 0 saturated heterocycles. The number of nitrogens with one attached hydrogen (secondary N) is 1. The molecule has 4 aromatic carbocycles. The van der Waals surface area contributed by atoms with Crippen LogP contribution in [0.5, 0.6) is 0 Å². The molecule has 4 aromatic rings. The number of benzene rings is 4. The minimum Gasteiger partial charge on any atom is -0.323 e. The van der Waals surface area contributed by atoms with Crippen molar-refractivity contribution in [3.63, 3.8) is 0 Å². The van der Waals surface area contributed by atoms with Crippen LogP contribution in [0.2, 0.25) is 0 Å². The fourth-order valence-corrected chi connectivity index (χ4v) is 3.04. The van der Waals surface area contributed by atoms with Crippen molar-refractivity contribution in [2.45, 2.75) is 0 Å². The highest BCUT2D eigenvalue weighted by Gasteiger charge is 2.08. The number of carbonyl (C=O) groups is 1. The van der Waals surface area contributed by atoms with Crippen LogP contribution in [0.15, 0.2) is 84.0 Å². The van der Waals surface area contributed by atoms with Gasteiger partial charge in [0.25, 0.3) is 5.91 Å². The third-order valence-corrected chi connectivity index (χ3v) is 4.36. The van der Waals surface area contributed by atoms with Crippen LogP contribution in [0.4, 0.5) is 5.69 Å². The summed E-state index contributed by atoms with van der Waals surface area (Å²) in [5, 5.41) is 10.8. The van der Waals surface area contributed by atoms with Gasteiger partial charge in [0, 0.05) is 11.3 Å². The van der Waals surface area contributed by atoms with Gasteiger partial charge in [0.05, 0.1) is 6.21 Å². The molecule has 0 atom stereocenters. The summed E-state index contributed by atoms with van der Waals surface area (Å²) in [7, 11) is 0. The number of hydrazone groups is 1. The molecule has 4 nitrogen and oxygen atoms in total. The van der Waals surface area contributed by atoms with Crippen LogP contribution in [0.25, 0.3) is 21.5 Å². The quantitative estimate of drug-likeness (QED) is 0.327. The second-order valence-electron chi connectivity index (χ2n) is 6.12. The van der Waals surface area contributed by atoms with Crippen LogP contribution in [-0.4, -0.2) is 12.1 Å². The minimum absolute atomic E-state index is 0.130. The van der Waals surface area contributed by atoms with Crippen LogP contribution in [0.1, 0.15) is 15.9 Å². The maximum Gasteiger partial charge on any atom is 0.255 e. The van der Waals surface area contributed by atoms with Gasteiger partial charge in [-0.2, -0.15) is 5.10 Å². The predicted molar refractivity (Wildman–Crippen MR) is 108 cm³/mol. The first-order valence-corrected chi connectivity index (χ1v) is 8.30. The summed E-state index contributed by atoms with van der Waals surface area (Å²) in [6.07, 6.45) is 1.60. The van der Waals surface area contributed by atoms with Gasteiger partial charge in [0.15, 0.2) is 0 Å². The summed E-state index contributed by atoms with van der Waals surface area (Å²) in [5.74, 6) is 5.06. The van der Waals surface area contributed by atoms with Gasteiger partial charge in [-0.15, -0.1) is 0 Å². The van der Waals surface area contributed by atoms with Crippen molar-refractivity contribution in [1.29, 1.82) is 0 Å². The lowest BCUT2D eigenvalue weighted by molar-refractivity contribution is 0.102. The monoisotopic (exact) mass is 339 g/mol. The smallest absolute Gasteiger partial charge is 0.255 e. The molecule has 3 N–H and O–H groups in total. The van der Waals surface area contributed by atoms with Crippen molar-refractivity contribution in [3.05, 3.63) is 90.0 Å². The van der Waals surface area contributed by atoms with Crippen LogP contribution in [0, 0.1) is 0 Å². The maximum absolute atomic E-state index is 12.6. The van der Waals surface area contributed by atoms with Crippen molar-refractivity contribution in [3.8, 4) is 0 Å². The molecule has 0 radical (unpaired) electrons. The van der Waals surface area contributed by atoms with Gasteiger partial charge >= 0.3 is 0 Å². The number of anilines is 1. The first-order valence-electron chi connectivity index (χ1n) is 8.30. The Kier molecular flexibility index (Phi) is 4.07. The fourth-order valence-electron chi connectivity index (χ4n) is 3.04. The second-order valence-corrected chi connectivity index (χ2v) is 6.12. The first-order chi connectivity index (χ1) is 12.7. The lowest BCUT2D eigenvalue weighted by Crippen LogP contribution is -2.11. The third kappa shape index (κ3) is 3.13. The van der Waals surface area contributed by atoms with E-state index < -0.39 is 0 Å². The number of nitrogens with two attached hydrogens (primary N) is 1. The maximum atomic E-state index is 12.6. The summed E-state index contributed by atoms with van der Waals surface area (Å²) in [6, 6.07) is 25.5. The topological polar surface area (TPSA) is 67.5 Å². The Balaban J connectivity index is 1.61. The summed E-state index contributed by atoms with van der Waals surface area (Å²) in [6.45, 7) is 0. The highest BCUT2D eigenvalue weighted by Crippen LogP contribution is 2.21. The van der Waals surface area contributed by atoms with E-state index in [1.807, 2.05) is 78.9 Å². The van der Waals surface area contributed by atoms with E-state index in [1.165, 1.54) is 0 Å². The summed E-state index contributed by atoms with van der Waals surface area (Å²) >= 11 is 0. The van der Waals surface area contributed by atoms with Gasteiger partial charge in [-0.1, -0.05) is 48.5 Å². The number of amides is 1. The zero-order valence-electron chi connectivity index (χ0n) is 14.0. The van der Waals surface area contributed by atoms with E-state index in [2.05, 4.69) is 10.4 Å². The second kappa shape index (κ2) is 6.69. The summed E-state index contributed by atoms with van der Waals surface area (Å²) in [4.78, 5) is 12.6. The van der Waals surface area contributed by atoms with E-state index in [-0.39, 0.29) is 5.91 Å². The van der Waals surface area contributed by atoms with Crippen molar-refractivity contribution < 1.29 is 4.79 Å². The molecule has 0 unspecified atom stereocenters. The highest BCUT2D eigenvalue weighted by molar-refractivity contribution is 6.07. The van der Waals surface area contributed by atoms with Gasteiger partial charge in [-0.25, -0.2) is 0 Å². The first kappa shape index (κ1) is 15.8. The minimum atomic E-state index is -0.130. The Labute approximate surface area is 150 Å². The molecule has 1 amide bonds. The molecule has 0 saturated carbocycles. The van der Waals surface area contributed by atoms with E-state index in [0.717, 1.165) is 32.8 Å². The average molecular weight is 339 g/mol. The van der Waals surface area contributed by atoms with Crippen LogP contribution in [0.3, 0.4) is 0 Å². The summed E-state index contributed by atoms with van der Waals surface area (Å²) in [5.41, 5.74) is 2.32. The zero-order chi connectivity index (χ0) is 17.9. The number of hydrogen-bond acceptors (Lipinski definition) is 3. The molecule has 0 heterocycles. The molecule has 4 heteroatoms. The number of rotatable bonds is 3. The van der Waals surface area contributed by atoms with Crippen molar-refractivity contribution in [2.24, 2.45) is 10.9 Å². The van der Waals surface area contributed by atoms with E-state index >= 15 is 0 Å². The van der Waals surface area contributed by atoms with Gasteiger partial charge in [0.1, 0.15) is 0 Å². The molecule has 126 valence electrons. The molecule has 26 heavy (non-hydrogen) atoms. The van der Waals surface area contributed by atoms with E-state index in [0.29, 0.717) is 5.56 Å². The number of hydrogen-bond donors (Lipinski definition) is 2. The van der Waals surface area contributed by atoms with E-state index in [9.17, 15) is 4.79 Å². The van der Waals surface area contributed by atoms with Crippen molar-refractivity contribution in [1.82, 2.24) is 0 Å². The number of nitrogens with zero attached hydrogens (tertiary/aromatic N) is 1. The fraction of sp³-hybridized carbons (Fsp3) is 0. The SMILES string of the molecule is NN=Cc1ccc2cc(C(=O)Nc3ccc4ccccc4c3)ccc2c1. The Bertz CT molecular complexity index is 1150. The molecular weight excluding hydrogens is 322 g/mol. The normalized spacial score (nSPS) is 11.2. The van der Waals surface area contributed by atoms with Crippen molar-refractivity contribution in [2.75, 3.05) is 5.32 Å². The van der Waals surface area contributed by atoms with Gasteiger partial charge in [0.2, 0.25) is 0 Å². The van der Waals surface area contributed by atoms with Gasteiger partial charge in [-0.05, 0) is 57.4 Å². The molecule has 4 rings (SSSR count). The van der Waals surface area contributed by atoms with Crippen LogP contribution in [-0.2, 0) is 0 Å². The molecule has 0 aliphatic carbocycles. The molecule has 0 bridgehead atoms. The van der Waals surface area contributed by atoms with Crippen molar-refractivity contribution >= 4 is 39.4 Å². The number of carbonyl (C=O) groups excluding carboxylic acids is 1. The Morgan fingerprint density at radius 1 is 0.808 bits per heavy atom. The Morgan fingerprint density at radius 3 is 2.35 bits per heavy atom. The zero-order valence-corrected chi connectivity index (χ0v) is 14.0.